The Morgan fingerprint density at radius 3 is 2.67 bits per heavy atom. The van der Waals surface area contributed by atoms with Crippen LogP contribution in [-0.4, -0.2) is 14.9 Å². The first-order valence-corrected chi connectivity index (χ1v) is 6.21. The molecule has 6 heteroatoms. The van der Waals surface area contributed by atoms with Gasteiger partial charge in [-0.3, -0.25) is 5.41 Å². The smallest absolute Gasteiger partial charge is 0.239 e. The van der Waals surface area contributed by atoms with Gasteiger partial charge in [-0.05, 0) is 28.1 Å². The summed E-state index contributed by atoms with van der Waals surface area (Å²) in [4.78, 5) is 4.17. The van der Waals surface area contributed by atoms with Crippen molar-refractivity contribution in [3.05, 3.63) is 46.1 Å². The fourth-order valence-electron chi connectivity index (χ4n) is 1.43. The van der Waals surface area contributed by atoms with E-state index in [4.69, 9.17) is 10.1 Å². The molecule has 1 aromatic carbocycles. The molecule has 0 fully saturated rings. The monoisotopic (exact) mass is 309 g/mol. The molecule has 18 heavy (non-hydrogen) atoms. The number of hydrogen-bond donors (Lipinski definition) is 2. The van der Waals surface area contributed by atoms with Gasteiger partial charge in [0, 0.05) is 6.42 Å². The van der Waals surface area contributed by atoms with E-state index in [0.29, 0.717) is 22.5 Å². The molecule has 0 unspecified atom stereocenters. The number of halogens is 1. The van der Waals surface area contributed by atoms with Crippen molar-refractivity contribution in [2.75, 3.05) is 0 Å². The molecule has 5 nitrogen and oxygen atoms in total. The van der Waals surface area contributed by atoms with Crippen LogP contribution in [-0.2, 0) is 6.42 Å². The molecule has 2 aromatic rings. The summed E-state index contributed by atoms with van der Waals surface area (Å²) in [5.41, 5.74) is -0.0900. The normalized spacial score (nSPS) is 10.3. The quantitative estimate of drug-likeness (QED) is 0.856. The third-order valence-corrected chi connectivity index (χ3v) is 3.07. The van der Waals surface area contributed by atoms with Crippen molar-refractivity contribution in [2.24, 2.45) is 0 Å². The molecular weight excluding hydrogens is 298 g/mol. The summed E-state index contributed by atoms with van der Waals surface area (Å²) in [5, 5.41) is 17.4. The van der Waals surface area contributed by atoms with Crippen molar-refractivity contribution in [1.29, 1.82) is 5.41 Å². The van der Waals surface area contributed by atoms with E-state index in [1.165, 1.54) is 0 Å². The molecule has 0 aliphatic carbocycles. The van der Waals surface area contributed by atoms with Crippen LogP contribution < -0.4 is 10.2 Å². The SMILES string of the molecule is CCc1nc(Oc2ccccc2)c(Br)c(=N)n1O. The van der Waals surface area contributed by atoms with Gasteiger partial charge in [0.1, 0.15) is 10.2 Å². The fraction of sp³-hybridized carbons (Fsp3) is 0.167. The van der Waals surface area contributed by atoms with Crippen LogP contribution in [0.2, 0.25) is 0 Å². The Labute approximate surface area is 112 Å². The molecule has 0 aliphatic heterocycles. The van der Waals surface area contributed by atoms with Crippen molar-refractivity contribution in [1.82, 2.24) is 9.71 Å². The largest absolute Gasteiger partial charge is 0.438 e. The van der Waals surface area contributed by atoms with E-state index in [1.807, 2.05) is 25.1 Å². The van der Waals surface area contributed by atoms with Gasteiger partial charge >= 0.3 is 0 Å². The van der Waals surface area contributed by atoms with Crippen LogP contribution in [0, 0.1) is 5.41 Å². The number of aromatic nitrogens is 2. The fourth-order valence-corrected chi connectivity index (χ4v) is 1.77. The zero-order valence-electron chi connectivity index (χ0n) is 9.72. The van der Waals surface area contributed by atoms with Gasteiger partial charge in [0.15, 0.2) is 11.3 Å². The highest BCUT2D eigenvalue weighted by Crippen LogP contribution is 2.24. The lowest BCUT2D eigenvalue weighted by atomic mass is 10.3. The number of para-hydroxylation sites is 1. The average molecular weight is 310 g/mol. The van der Waals surface area contributed by atoms with Crippen molar-refractivity contribution in [3.63, 3.8) is 0 Å². The van der Waals surface area contributed by atoms with Crippen molar-refractivity contribution in [2.45, 2.75) is 13.3 Å². The summed E-state index contributed by atoms with van der Waals surface area (Å²) in [5.74, 6) is 1.27. The van der Waals surface area contributed by atoms with E-state index in [1.54, 1.807) is 12.1 Å². The third kappa shape index (κ3) is 2.38. The van der Waals surface area contributed by atoms with Gasteiger partial charge in [-0.25, -0.2) is 0 Å². The molecule has 0 aliphatic rings. The van der Waals surface area contributed by atoms with Crippen molar-refractivity contribution >= 4 is 15.9 Å². The molecule has 2 N–H and O–H groups in total. The summed E-state index contributed by atoms with van der Waals surface area (Å²) in [6, 6.07) is 9.17. The molecule has 0 saturated carbocycles. The number of nitrogens with zero attached hydrogens (tertiary/aromatic N) is 2. The third-order valence-electron chi connectivity index (χ3n) is 2.36. The second-order valence-corrected chi connectivity index (χ2v) is 4.37. The Bertz CT molecular complexity index is 611. The van der Waals surface area contributed by atoms with Crippen LogP contribution in [0.15, 0.2) is 34.8 Å². The van der Waals surface area contributed by atoms with Crippen LogP contribution in [0.25, 0.3) is 0 Å². The molecule has 0 radical (unpaired) electrons. The van der Waals surface area contributed by atoms with Gasteiger partial charge in [-0.15, -0.1) is 0 Å². The Hall–Kier alpha value is -1.82. The Morgan fingerprint density at radius 2 is 2.06 bits per heavy atom. The highest BCUT2D eigenvalue weighted by Gasteiger charge is 2.12. The highest BCUT2D eigenvalue weighted by atomic mass is 79.9. The summed E-state index contributed by atoms with van der Waals surface area (Å²) in [7, 11) is 0. The van der Waals surface area contributed by atoms with Crippen LogP contribution >= 0.6 is 15.9 Å². The second kappa shape index (κ2) is 5.22. The molecular formula is C12H12BrN3O2. The molecule has 0 bridgehead atoms. The van der Waals surface area contributed by atoms with E-state index in [0.717, 1.165) is 4.73 Å². The number of ether oxygens (including phenoxy) is 1. The maximum absolute atomic E-state index is 9.65. The zero-order valence-corrected chi connectivity index (χ0v) is 11.3. The predicted molar refractivity (Wildman–Crippen MR) is 68.9 cm³/mol. The molecule has 0 saturated heterocycles. The molecule has 0 amide bonds. The minimum atomic E-state index is -0.0900. The summed E-state index contributed by atoms with van der Waals surface area (Å²) in [6.45, 7) is 1.84. The van der Waals surface area contributed by atoms with Crippen LogP contribution in [0.5, 0.6) is 11.6 Å². The van der Waals surface area contributed by atoms with Crippen molar-refractivity contribution in [3.8, 4) is 11.6 Å². The number of benzene rings is 1. The van der Waals surface area contributed by atoms with Gasteiger partial charge in [0.2, 0.25) is 5.88 Å². The van der Waals surface area contributed by atoms with Gasteiger partial charge in [-0.1, -0.05) is 25.1 Å². The van der Waals surface area contributed by atoms with Crippen LogP contribution in [0.1, 0.15) is 12.7 Å². The van der Waals surface area contributed by atoms with E-state index in [-0.39, 0.29) is 11.4 Å². The first-order chi connectivity index (χ1) is 8.63. The maximum Gasteiger partial charge on any atom is 0.239 e. The summed E-state index contributed by atoms with van der Waals surface area (Å²) >= 11 is 3.20. The Morgan fingerprint density at radius 1 is 1.39 bits per heavy atom. The minimum Gasteiger partial charge on any atom is -0.438 e. The van der Waals surface area contributed by atoms with E-state index < -0.39 is 0 Å². The summed E-state index contributed by atoms with van der Waals surface area (Å²) < 4.78 is 6.63. The van der Waals surface area contributed by atoms with Crippen molar-refractivity contribution < 1.29 is 9.94 Å². The van der Waals surface area contributed by atoms with Gasteiger partial charge in [0.05, 0.1) is 0 Å². The zero-order chi connectivity index (χ0) is 13.1. The van der Waals surface area contributed by atoms with E-state index in [9.17, 15) is 5.21 Å². The molecule has 0 spiro atoms. The molecule has 1 heterocycles. The van der Waals surface area contributed by atoms with E-state index >= 15 is 0 Å². The second-order valence-electron chi connectivity index (χ2n) is 3.58. The lowest BCUT2D eigenvalue weighted by molar-refractivity contribution is 0.153. The first-order valence-electron chi connectivity index (χ1n) is 5.41. The standard InChI is InChI=1S/C12H12BrN3O2/c1-2-9-15-12(10(13)11(14)16(9)17)18-8-6-4-3-5-7-8/h3-7,14,17H,2H2,1H3. The lowest BCUT2D eigenvalue weighted by Gasteiger charge is -2.11. The van der Waals surface area contributed by atoms with Gasteiger partial charge < -0.3 is 9.94 Å². The number of hydrogen-bond acceptors (Lipinski definition) is 4. The predicted octanol–water partition coefficient (Wildman–Crippen LogP) is 2.72. The topological polar surface area (TPSA) is 71.1 Å². The lowest BCUT2D eigenvalue weighted by Crippen LogP contribution is -2.24. The Balaban J connectivity index is 2.46. The number of nitrogens with one attached hydrogen (secondary N) is 1. The molecule has 0 atom stereocenters. The first kappa shape index (κ1) is 12.6. The Kier molecular flexibility index (Phi) is 3.66. The summed E-state index contributed by atoms with van der Waals surface area (Å²) in [6.07, 6.45) is 0.501. The molecule has 2 rings (SSSR count). The number of aryl methyl sites for hydroxylation is 1. The van der Waals surface area contributed by atoms with E-state index in [2.05, 4.69) is 20.9 Å². The van der Waals surface area contributed by atoms with Crippen LogP contribution in [0.4, 0.5) is 0 Å². The molecule has 1 aromatic heterocycles. The maximum atomic E-state index is 9.65. The van der Waals surface area contributed by atoms with Crippen LogP contribution in [0.3, 0.4) is 0 Å². The highest BCUT2D eigenvalue weighted by molar-refractivity contribution is 9.10. The van der Waals surface area contributed by atoms with Gasteiger partial charge in [-0.2, -0.15) is 9.71 Å². The minimum absolute atomic E-state index is 0.0900. The average Bonchev–Trinajstić information content (AvgIpc) is 2.40. The van der Waals surface area contributed by atoms with Gasteiger partial charge in [0.25, 0.3) is 0 Å². The molecule has 94 valence electrons. The number of rotatable bonds is 3.